The molecule has 1 aromatic carbocycles. The maximum absolute atomic E-state index is 12.4. The monoisotopic (exact) mass is 337 g/mol. The number of amides is 2. The van der Waals surface area contributed by atoms with Crippen LogP contribution in [0, 0.1) is 0 Å². The lowest BCUT2D eigenvalue weighted by atomic mass is 9.95. The Morgan fingerprint density at radius 2 is 2.09 bits per heavy atom. The predicted molar refractivity (Wildman–Crippen MR) is 83.3 cm³/mol. The zero-order valence-electron chi connectivity index (χ0n) is 12.3. The number of nitrogens with zero attached hydrogens (tertiary/aromatic N) is 1. The Bertz CT molecular complexity index is 693. The number of hydrogen-bond acceptors (Lipinski definition) is 4. The van der Waals surface area contributed by atoms with Gasteiger partial charge in [-0.2, -0.15) is 0 Å². The summed E-state index contributed by atoms with van der Waals surface area (Å²) in [5.74, 6) is -1.52. The molecule has 2 amide bonds. The minimum atomic E-state index is -1.05. The number of aliphatic carboxylic acids is 1. The molecule has 2 heterocycles. The molecular formula is C15H16ClN3O4. The standard InChI is InChI=1S/C15H16ClN3O4/c16-9-1-2-11-10(7-9)14(23)18-15(17-11)4-3-12(20)19(6-5-15)8-13(21)22/h1-2,7,17H,3-6,8H2,(H,18,23)(H,21,22)/t15-/m1/s1. The van der Waals surface area contributed by atoms with Crippen LogP contribution in [0.1, 0.15) is 29.6 Å². The zero-order chi connectivity index (χ0) is 16.6. The highest BCUT2D eigenvalue weighted by Crippen LogP contribution is 2.32. The minimum absolute atomic E-state index is 0.170. The number of halogens is 1. The van der Waals surface area contributed by atoms with Crippen molar-refractivity contribution in [1.29, 1.82) is 0 Å². The molecule has 1 spiro atoms. The number of likely N-dealkylation sites (tertiary alicyclic amines) is 1. The van der Waals surface area contributed by atoms with Gasteiger partial charge in [-0.05, 0) is 24.6 Å². The first-order valence-corrected chi connectivity index (χ1v) is 7.66. The van der Waals surface area contributed by atoms with Gasteiger partial charge in [0, 0.05) is 30.1 Å². The molecule has 0 radical (unpaired) electrons. The van der Waals surface area contributed by atoms with Crippen molar-refractivity contribution in [3.8, 4) is 0 Å². The molecule has 0 unspecified atom stereocenters. The molecule has 1 atom stereocenters. The average molecular weight is 338 g/mol. The summed E-state index contributed by atoms with van der Waals surface area (Å²) in [5, 5.41) is 15.6. The van der Waals surface area contributed by atoms with Crippen molar-refractivity contribution in [1.82, 2.24) is 10.2 Å². The van der Waals surface area contributed by atoms with E-state index in [1.54, 1.807) is 18.2 Å². The fourth-order valence-corrected chi connectivity index (χ4v) is 3.19. The predicted octanol–water partition coefficient (Wildman–Crippen LogP) is 1.29. The van der Waals surface area contributed by atoms with Gasteiger partial charge in [-0.1, -0.05) is 11.6 Å². The van der Waals surface area contributed by atoms with Crippen LogP contribution in [0.4, 0.5) is 5.69 Å². The van der Waals surface area contributed by atoms with Gasteiger partial charge in [0.05, 0.1) is 5.56 Å². The molecule has 8 heteroatoms. The molecule has 2 aliphatic heterocycles. The molecule has 2 aliphatic rings. The molecule has 1 aromatic rings. The number of benzene rings is 1. The Morgan fingerprint density at radius 1 is 1.30 bits per heavy atom. The lowest BCUT2D eigenvalue weighted by Crippen LogP contribution is -2.58. The number of fused-ring (bicyclic) bond motifs is 1. The fraction of sp³-hybridized carbons (Fsp3) is 0.400. The third-order valence-corrected chi connectivity index (χ3v) is 4.44. The average Bonchev–Trinajstić information content (AvgIpc) is 2.62. The molecule has 1 saturated heterocycles. The highest BCUT2D eigenvalue weighted by Gasteiger charge is 2.40. The van der Waals surface area contributed by atoms with E-state index in [1.807, 2.05) is 0 Å². The van der Waals surface area contributed by atoms with Crippen molar-refractivity contribution in [3.63, 3.8) is 0 Å². The number of nitrogens with one attached hydrogen (secondary N) is 2. The van der Waals surface area contributed by atoms with Gasteiger partial charge in [0.25, 0.3) is 5.91 Å². The highest BCUT2D eigenvalue weighted by atomic mass is 35.5. The van der Waals surface area contributed by atoms with Gasteiger partial charge in [-0.25, -0.2) is 0 Å². The van der Waals surface area contributed by atoms with Crippen LogP contribution in [-0.2, 0) is 9.59 Å². The molecule has 3 rings (SSSR count). The molecule has 23 heavy (non-hydrogen) atoms. The third kappa shape index (κ3) is 3.10. The summed E-state index contributed by atoms with van der Waals surface area (Å²) >= 11 is 5.92. The second kappa shape index (κ2) is 5.73. The van der Waals surface area contributed by atoms with Crippen molar-refractivity contribution in [3.05, 3.63) is 28.8 Å². The number of anilines is 1. The lowest BCUT2D eigenvalue weighted by molar-refractivity contribution is -0.144. The summed E-state index contributed by atoms with van der Waals surface area (Å²) in [6.45, 7) is -0.0591. The van der Waals surface area contributed by atoms with Crippen molar-refractivity contribution in [2.75, 3.05) is 18.4 Å². The SMILES string of the molecule is O=C(O)CN1CC[C@@]2(CCC1=O)NC(=O)c1cc(Cl)ccc1N2. The highest BCUT2D eigenvalue weighted by molar-refractivity contribution is 6.31. The van der Waals surface area contributed by atoms with Crippen LogP contribution in [0.25, 0.3) is 0 Å². The minimum Gasteiger partial charge on any atom is -0.480 e. The third-order valence-electron chi connectivity index (χ3n) is 4.21. The number of carboxylic acid groups (broad SMARTS) is 1. The summed E-state index contributed by atoms with van der Waals surface area (Å²) in [4.78, 5) is 36.6. The fourth-order valence-electron chi connectivity index (χ4n) is 3.02. The van der Waals surface area contributed by atoms with Crippen LogP contribution in [0.5, 0.6) is 0 Å². The lowest BCUT2D eigenvalue weighted by Gasteiger charge is -2.40. The first kappa shape index (κ1) is 15.6. The van der Waals surface area contributed by atoms with Crippen LogP contribution >= 0.6 is 11.6 Å². The summed E-state index contributed by atoms with van der Waals surface area (Å²) in [7, 11) is 0. The van der Waals surface area contributed by atoms with Crippen molar-refractivity contribution >= 4 is 35.1 Å². The number of carbonyl (C=O) groups excluding carboxylic acids is 2. The molecule has 0 bridgehead atoms. The van der Waals surface area contributed by atoms with Crippen LogP contribution in [0.15, 0.2) is 18.2 Å². The Kier molecular flexibility index (Phi) is 3.89. The number of carboxylic acids is 1. The van der Waals surface area contributed by atoms with Crippen LogP contribution in [0.2, 0.25) is 5.02 Å². The van der Waals surface area contributed by atoms with Crippen LogP contribution in [0.3, 0.4) is 0 Å². The van der Waals surface area contributed by atoms with Crippen molar-refractivity contribution in [2.45, 2.75) is 24.9 Å². The van der Waals surface area contributed by atoms with E-state index in [0.29, 0.717) is 29.1 Å². The molecule has 1 fully saturated rings. The topological polar surface area (TPSA) is 98.7 Å². The van der Waals surface area contributed by atoms with Crippen LogP contribution in [-0.4, -0.2) is 46.5 Å². The molecule has 7 nitrogen and oxygen atoms in total. The van der Waals surface area contributed by atoms with E-state index >= 15 is 0 Å². The van der Waals surface area contributed by atoms with E-state index in [2.05, 4.69) is 10.6 Å². The van der Waals surface area contributed by atoms with Gasteiger partial charge in [0.2, 0.25) is 5.91 Å². The van der Waals surface area contributed by atoms with Crippen LogP contribution < -0.4 is 10.6 Å². The van der Waals surface area contributed by atoms with Crippen molar-refractivity contribution in [2.24, 2.45) is 0 Å². The van der Waals surface area contributed by atoms with E-state index in [4.69, 9.17) is 16.7 Å². The van der Waals surface area contributed by atoms with Gasteiger partial charge < -0.3 is 20.6 Å². The smallest absolute Gasteiger partial charge is 0.323 e. The van der Waals surface area contributed by atoms with E-state index in [-0.39, 0.29) is 31.3 Å². The maximum Gasteiger partial charge on any atom is 0.323 e. The van der Waals surface area contributed by atoms with Gasteiger partial charge in [0.15, 0.2) is 0 Å². The summed E-state index contributed by atoms with van der Waals surface area (Å²) in [6.07, 6.45) is 0.999. The number of hydrogen-bond donors (Lipinski definition) is 3. The largest absolute Gasteiger partial charge is 0.480 e. The first-order chi connectivity index (χ1) is 10.9. The van der Waals surface area contributed by atoms with E-state index in [0.717, 1.165) is 0 Å². The van der Waals surface area contributed by atoms with Crippen molar-refractivity contribution < 1.29 is 19.5 Å². The summed E-state index contributed by atoms with van der Waals surface area (Å²) in [5.41, 5.74) is 0.374. The Labute approximate surface area is 137 Å². The Morgan fingerprint density at radius 3 is 2.83 bits per heavy atom. The summed E-state index contributed by atoms with van der Waals surface area (Å²) < 4.78 is 0. The van der Waals surface area contributed by atoms with Gasteiger partial charge in [-0.15, -0.1) is 0 Å². The summed E-state index contributed by atoms with van der Waals surface area (Å²) in [6, 6.07) is 5.02. The number of carbonyl (C=O) groups is 3. The van der Waals surface area contributed by atoms with E-state index < -0.39 is 11.6 Å². The normalized spacial score (nSPS) is 23.8. The maximum atomic E-state index is 12.4. The van der Waals surface area contributed by atoms with E-state index in [9.17, 15) is 14.4 Å². The first-order valence-electron chi connectivity index (χ1n) is 7.28. The Hall–Kier alpha value is -2.28. The molecule has 0 aliphatic carbocycles. The quantitative estimate of drug-likeness (QED) is 0.755. The second-order valence-electron chi connectivity index (χ2n) is 5.81. The molecule has 3 N–H and O–H groups in total. The molecular weight excluding hydrogens is 322 g/mol. The van der Waals surface area contributed by atoms with Gasteiger partial charge in [-0.3, -0.25) is 14.4 Å². The number of rotatable bonds is 2. The van der Waals surface area contributed by atoms with Gasteiger partial charge >= 0.3 is 5.97 Å². The molecule has 0 saturated carbocycles. The van der Waals surface area contributed by atoms with Gasteiger partial charge in [0.1, 0.15) is 12.2 Å². The second-order valence-corrected chi connectivity index (χ2v) is 6.25. The molecule has 122 valence electrons. The van der Waals surface area contributed by atoms with E-state index in [1.165, 1.54) is 4.90 Å². The zero-order valence-corrected chi connectivity index (χ0v) is 13.0. The Balaban J connectivity index is 1.83. The molecule has 0 aromatic heterocycles.